The number of carbonyl (C=O) groups excluding carboxylic acids is 1. The lowest BCUT2D eigenvalue weighted by Gasteiger charge is -2.34. The van der Waals surface area contributed by atoms with Gasteiger partial charge in [-0.1, -0.05) is 12.1 Å². The van der Waals surface area contributed by atoms with Gasteiger partial charge in [0.1, 0.15) is 17.5 Å². The molecule has 7 heteroatoms. The third kappa shape index (κ3) is 2.84. The highest BCUT2D eigenvalue weighted by atomic mass is 19.1. The molecule has 0 bridgehead atoms. The summed E-state index contributed by atoms with van der Waals surface area (Å²) in [4.78, 5) is 15.2. The van der Waals surface area contributed by atoms with E-state index in [1.165, 1.54) is 12.1 Å². The standard InChI is InChI=1S/C20H24FN5O/c21-16-3-1-15(2-4-16)20(7-8-20)19(27)25-10-5-14(6-11-25)18-24-23-17-13-22-9-12-26(17)18/h1-4,14,22H,5-13H2. The van der Waals surface area contributed by atoms with Gasteiger partial charge in [-0.15, -0.1) is 10.2 Å². The summed E-state index contributed by atoms with van der Waals surface area (Å²) in [7, 11) is 0. The average molecular weight is 369 g/mol. The lowest BCUT2D eigenvalue weighted by atomic mass is 9.91. The second kappa shape index (κ2) is 6.41. The van der Waals surface area contributed by atoms with Crippen LogP contribution in [0.15, 0.2) is 24.3 Å². The first-order valence-corrected chi connectivity index (χ1v) is 9.85. The second-order valence-electron chi connectivity index (χ2n) is 7.96. The number of fused-ring (bicyclic) bond motifs is 1. The Morgan fingerprint density at radius 2 is 1.85 bits per heavy atom. The molecule has 0 atom stereocenters. The van der Waals surface area contributed by atoms with E-state index < -0.39 is 5.41 Å². The lowest BCUT2D eigenvalue weighted by molar-refractivity contribution is -0.135. The van der Waals surface area contributed by atoms with Crippen LogP contribution in [0.25, 0.3) is 0 Å². The fourth-order valence-electron chi connectivity index (χ4n) is 4.58. The average Bonchev–Trinajstić information content (AvgIpc) is 3.41. The maximum absolute atomic E-state index is 13.2. The zero-order chi connectivity index (χ0) is 18.4. The summed E-state index contributed by atoms with van der Waals surface area (Å²) in [6.45, 7) is 4.17. The van der Waals surface area contributed by atoms with Crippen molar-refractivity contribution in [2.24, 2.45) is 0 Å². The number of piperidine rings is 1. The highest BCUT2D eigenvalue weighted by Crippen LogP contribution is 2.50. The normalized spacial score (nSPS) is 21.7. The van der Waals surface area contributed by atoms with Gasteiger partial charge in [-0.2, -0.15) is 0 Å². The fraction of sp³-hybridized carbons (Fsp3) is 0.550. The first-order chi connectivity index (χ1) is 13.2. The van der Waals surface area contributed by atoms with Gasteiger partial charge in [-0.05, 0) is 43.4 Å². The molecule has 3 aliphatic rings. The van der Waals surface area contributed by atoms with Crippen LogP contribution in [0.2, 0.25) is 0 Å². The topological polar surface area (TPSA) is 63.1 Å². The Labute approximate surface area is 157 Å². The molecule has 5 rings (SSSR count). The molecule has 6 nitrogen and oxygen atoms in total. The maximum atomic E-state index is 13.2. The van der Waals surface area contributed by atoms with E-state index in [-0.39, 0.29) is 11.7 Å². The number of amides is 1. The molecule has 1 N–H and O–H groups in total. The van der Waals surface area contributed by atoms with Crippen molar-refractivity contribution >= 4 is 5.91 Å². The van der Waals surface area contributed by atoms with Gasteiger partial charge in [-0.3, -0.25) is 4.79 Å². The third-order valence-electron chi connectivity index (χ3n) is 6.35. The van der Waals surface area contributed by atoms with E-state index in [2.05, 4.69) is 20.1 Å². The molecule has 1 saturated carbocycles. The first-order valence-electron chi connectivity index (χ1n) is 9.85. The van der Waals surface area contributed by atoms with Crippen molar-refractivity contribution in [3.63, 3.8) is 0 Å². The van der Waals surface area contributed by atoms with Gasteiger partial charge in [0.2, 0.25) is 5.91 Å². The molecule has 2 aromatic rings. The summed E-state index contributed by atoms with van der Waals surface area (Å²) in [6, 6.07) is 6.45. The Morgan fingerprint density at radius 3 is 2.56 bits per heavy atom. The van der Waals surface area contributed by atoms with Gasteiger partial charge < -0.3 is 14.8 Å². The van der Waals surface area contributed by atoms with Gasteiger partial charge in [0.25, 0.3) is 0 Å². The largest absolute Gasteiger partial charge is 0.342 e. The van der Waals surface area contributed by atoms with E-state index in [0.29, 0.717) is 5.92 Å². The Balaban J connectivity index is 1.27. The number of hydrogen-bond acceptors (Lipinski definition) is 4. The monoisotopic (exact) mass is 369 g/mol. The zero-order valence-electron chi connectivity index (χ0n) is 15.3. The number of benzene rings is 1. The molecule has 1 saturated heterocycles. The molecule has 0 spiro atoms. The summed E-state index contributed by atoms with van der Waals surface area (Å²) in [6.07, 6.45) is 3.58. The number of carbonyl (C=O) groups is 1. The Bertz CT molecular complexity index is 850. The number of nitrogens with zero attached hydrogens (tertiary/aromatic N) is 4. The molecule has 1 aliphatic carbocycles. The molecule has 1 aromatic carbocycles. The van der Waals surface area contributed by atoms with Crippen molar-refractivity contribution in [1.82, 2.24) is 25.0 Å². The number of nitrogens with one attached hydrogen (secondary N) is 1. The van der Waals surface area contributed by atoms with Gasteiger partial charge in [0, 0.05) is 32.1 Å². The quantitative estimate of drug-likeness (QED) is 0.898. The highest BCUT2D eigenvalue weighted by Gasteiger charge is 2.53. The van der Waals surface area contributed by atoms with Crippen molar-refractivity contribution in [2.45, 2.75) is 50.1 Å². The van der Waals surface area contributed by atoms with Crippen LogP contribution in [0.3, 0.4) is 0 Å². The maximum Gasteiger partial charge on any atom is 0.233 e. The molecular formula is C20H24FN5O. The summed E-state index contributed by atoms with van der Waals surface area (Å²) in [5.74, 6) is 2.42. The van der Waals surface area contributed by atoms with E-state index >= 15 is 0 Å². The van der Waals surface area contributed by atoms with Crippen LogP contribution in [0.4, 0.5) is 4.39 Å². The molecule has 142 valence electrons. The van der Waals surface area contributed by atoms with Gasteiger partial charge in [0.05, 0.1) is 12.0 Å². The predicted octanol–water partition coefficient (Wildman–Crippen LogP) is 1.96. The predicted molar refractivity (Wildman–Crippen MR) is 97.6 cm³/mol. The minimum atomic E-state index is -0.416. The third-order valence-corrected chi connectivity index (χ3v) is 6.35. The Kier molecular flexibility index (Phi) is 4.00. The molecule has 0 radical (unpaired) electrons. The van der Waals surface area contributed by atoms with Crippen molar-refractivity contribution in [1.29, 1.82) is 0 Å². The highest BCUT2D eigenvalue weighted by molar-refractivity contribution is 5.91. The van der Waals surface area contributed by atoms with Crippen LogP contribution in [-0.4, -0.2) is 45.2 Å². The van der Waals surface area contributed by atoms with Crippen LogP contribution in [-0.2, 0) is 23.3 Å². The molecule has 3 heterocycles. The van der Waals surface area contributed by atoms with Crippen LogP contribution < -0.4 is 5.32 Å². The van der Waals surface area contributed by atoms with Crippen LogP contribution in [0.5, 0.6) is 0 Å². The van der Waals surface area contributed by atoms with E-state index in [9.17, 15) is 9.18 Å². The molecule has 0 unspecified atom stereocenters. The fourth-order valence-corrected chi connectivity index (χ4v) is 4.58. The molecule has 1 amide bonds. The van der Waals surface area contributed by atoms with Gasteiger partial charge in [0.15, 0.2) is 0 Å². The van der Waals surface area contributed by atoms with Crippen LogP contribution in [0.1, 0.15) is 48.8 Å². The summed E-state index contributed by atoms with van der Waals surface area (Å²) >= 11 is 0. The van der Waals surface area contributed by atoms with Crippen molar-refractivity contribution < 1.29 is 9.18 Å². The van der Waals surface area contributed by atoms with Crippen molar-refractivity contribution in [2.75, 3.05) is 19.6 Å². The molecule has 1 aromatic heterocycles. The number of rotatable bonds is 3. The van der Waals surface area contributed by atoms with Gasteiger partial charge in [-0.25, -0.2) is 4.39 Å². The molecule has 2 aliphatic heterocycles. The number of hydrogen-bond donors (Lipinski definition) is 1. The number of aromatic nitrogens is 3. The lowest BCUT2D eigenvalue weighted by Crippen LogP contribution is -2.44. The van der Waals surface area contributed by atoms with Crippen LogP contribution >= 0.6 is 0 Å². The van der Waals surface area contributed by atoms with Crippen molar-refractivity contribution in [3.05, 3.63) is 47.3 Å². The Hall–Kier alpha value is -2.28. The summed E-state index contributed by atoms with van der Waals surface area (Å²) < 4.78 is 15.5. The number of likely N-dealkylation sites (tertiary alicyclic amines) is 1. The zero-order valence-corrected chi connectivity index (χ0v) is 15.3. The molecule has 2 fully saturated rings. The van der Waals surface area contributed by atoms with E-state index in [0.717, 1.165) is 75.6 Å². The summed E-state index contributed by atoms with van der Waals surface area (Å²) in [5.41, 5.74) is 0.537. The Morgan fingerprint density at radius 1 is 1.11 bits per heavy atom. The number of halogens is 1. The van der Waals surface area contributed by atoms with Crippen molar-refractivity contribution in [3.8, 4) is 0 Å². The van der Waals surface area contributed by atoms with E-state index in [4.69, 9.17) is 0 Å². The van der Waals surface area contributed by atoms with E-state index in [1.807, 2.05) is 4.90 Å². The second-order valence-corrected chi connectivity index (χ2v) is 7.96. The SMILES string of the molecule is O=C(N1CCC(c2nnc3n2CCNC3)CC1)C1(c2ccc(F)cc2)CC1. The summed E-state index contributed by atoms with van der Waals surface area (Å²) in [5, 5.41) is 12.1. The minimum Gasteiger partial charge on any atom is -0.342 e. The first kappa shape index (κ1) is 16.9. The van der Waals surface area contributed by atoms with Crippen LogP contribution in [0, 0.1) is 5.82 Å². The van der Waals surface area contributed by atoms with Gasteiger partial charge >= 0.3 is 0 Å². The smallest absolute Gasteiger partial charge is 0.233 e. The molecule has 27 heavy (non-hydrogen) atoms. The minimum absolute atomic E-state index is 0.208. The van der Waals surface area contributed by atoms with E-state index in [1.54, 1.807) is 12.1 Å². The molecular weight excluding hydrogens is 345 g/mol.